The lowest BCUT2D eigenvalue weighted by Gasteiger charge is -2.41. The van der Waals surface area contributed by atoms with E-state index in [0.29, 0.717) is 30.9 Å². The van der Waals surface area contributed by atoms with Gasteiger partial charge in [0.25, 0.3) is 5.91 Å². The number of primary amides is 1. The number of carbonyl (C=O) groups is 1. The van der Waals surface area contributed by atoms with Crippen LogP contribution in [0, 0.1) is 11.3 Å². The molecule has 0 saturated carbocycles. The van der Waals surface area contributed by atoms with E-state index in [0.717, 1.165) is 5.69 Å². The molecule has 3 rings (SSSR count). The summed E-state index contributed by atoms with van der Waals surface area (Å²) in [5.41, 5.74) is 6.17. The SMILES string of the molecule is N#CCC1(n2cc(C(N)=O)c(Nc3ccccc3)n2)CNC1. The minimum absolute atomic E-state index is 0.313. The van der Waals surface area contributed by atoms with E-state index >= 15 is 0 Å². The number of carbonyl (C=O) groups excluding carboxylic acids is 1. The fraction of sp³-hybridized carbons (Fsp3) is 0.267. The summed E-state index contributed by atoms with van der Waals surface area (Å²) in [6.45, 7) is 1.29. The van der Waals surface area contributed by atoms with E-state index in [1.807, 2.05) is 30.3 Å². The second-order valence-corrected chi connectivity index (χ2v) is 5.35. The Morgan fingerprint density at radius 1 is 1.45 bits per heavy atom. The third kappa shape index (κ3) is 2.40. The van der Waals surface area contributed by atoms with E-state index in [1.54, 1.807) is 10.9 Å². The van der Waals surface area contributed by atoms with Gasteiger partial charge in [0.15, 0.2) is 5.82 Å². The molecule has 22 heavy (non-hydrogen) atoms. The molecule has 1 saturated heterocycles. The third-order valence-electron chi connectivity index (χ3n) is 3.82. The molecule has 1 amide bonds. The summed E-state index contributed by atoms with van der Waals surface area (Å²) in [6, 6.07) is 11.6. The summed E-state index contributed by atoms with van der Waals surface area (Å²) in [6.07, 6.45) is 1.94. The van der Waals surface area contributed by atoms with E-state index in [4.69, 9.17) is 11.0 Å². The van der Waals surface area contributed by atoms with Gasteiger partial charge in [0.2, 0.25) is 0 Å². The number of hydrogen-bond donors (Lipinski definition) is 3. The molecule has 1 aliphatic heterocycles. The van der Waals surface area contributed by atoms with Crippen LogP contribution in [0.2, 0.25) is 0 Å². The molecule has 0 atom stereocenters. The lowest BCUT2D eigenvalue weighted by atomic mass is 9.89. The molecule has 112 valence electrons. The average Bonchev–Trinajstić information content (AvgIpc) is 2.88. The van der Waals surface area contributed by atoms with Gasteiger partial charge < -0.3 is 16.4 Å². The van der Waals surface area contributed by atoms with Gasteiger partial charge in [-0.2, -0.15) is 10.4 Å². The van der Waals surface area contributed by atoms with Crippen molar-refractivity contribution in [1.82, 2.24) is 15.1 Å². The van der Waals surface area contributed by atoms with Crippen molar-refractivity contribution in [3.63, 3.8) is 0 Å². The molecule has 0 bridgehead atoms. The summed E-state index contributed by atoms with van der Waals surface area (Å²) in [4.78, 5) is 11.7. The van der Waals surface area contributed by atoms with Gasteiger partial charge in [-0.1, -0.05) is 18.2 Å². The molecule has 4 N–H and O–H groups in total. The van der Waals surface area contributed by atoms with Crippen LogP contribution in [0.1, 0.15) is 16.8 Å². The Kier molecular flexibility index (Phi) is 3.53. The predicted molar refractivity (Wildman–Crippen MR) is 81.5 cm³/mol. The normalized spacial score (nSPS) is 15.6. The lowest BCUT2D eigenvalue weighted by Crippen LogP contribution is -2.60. The smallest absolute Gasteiger partial charge is 0.254 e. The van der Waals surface area contributed by atoms with E-state index < -0.39 is 11.4 Å². The van der Waals surface area contributed by atoms with Crippen molar-refractivity contribution in [3.8, 4) is 6.07 Å². The first-order valence-electron chi connectivity index (χ1n) is 6.94. The molecule has 0 radical (unpaired) electrons. The van der Waals surface area contributed by atoms with Gasteiger partial charge in [0, 0.05) is 25.0 Å². The zero-order valence-corrected chi connectivity index (χ0v) is 11.9. The third-order valence-corrected chi connectivity index (χ3v) is 3.82. The molecule has 1 aromatic heterocycles. The average molecular weight is 296 g/mol. The number of nitrogens with zero attached hydrogens (tertiary/aromatic N) is 3. The molecule has 1 fully saturated rings. The number of nitrogens with two attached hydrogens (primary N) is 1. The van der Waals surface area contributed by atoms with Crippen molar-refractivity contribution >= 4 is 17.4 Å². The minimum Gasteiger partial charge on any atom is -0.365 e. The van der Waals surface area contributed by atoms with Crippen LogP contribution >= 0.6 is 0 Å². The molecule has 7 heteroatoms. The van der Waals surface area contributed by atoms with Gasteiger partial charge in [0.05, 0.1) is 12.5 Å². The van der Waals surface area contributed by atoms with Crippen molar-refractivity contribution in [2.75, 3.05) is 18.4 Å². The Bertz CT molecular complexity index is 726. The van der Waals surface area contributed by atoms with Gasteiger partial charge in [-0.05, 0) is 12.1 Å². The first kappa shape index (κ1) is 14.1. The molecule has 0 unspecified atom stereocenters. The number of rotatable bonds is 5. The Morgan fingerprint density at radius 3 is 2.73 bits per heavy atom. The number of anilines is 2. The van der Waals surface area contributed by atoms with Crippen LogP contribution in [0.4, 0.5) is 11.5 Å². The Hall–Kier alpha value is -2.85. The summed E-state index contributed by atoms with van der Waals surface area (Å²) in [5, 5.41) is 19.7. The summed E-state index contributed by atoms with van der Waals surface area (Å²) < 4.78 is 1.68. The largest absolute Gasteiger partial charge is 0.365 e. The minimum atomic E-state index is -0.552. The number of nitrogens with one attached hydrogen (secondary N) is 2. The number of amides is 1. The maximum atomic E-state index is 11.7. The Morgan fingerprint density at radius 2 is 2.18 bits per heavy atom. The summed E-state index contributed by atoms with van der Waals surface area (Å²) >= 11 is 0. The lowest BCUT2D eigenvalue weighted by molar-refractivity contribution is 0.1000. The fourth-order valence-electron chi connectivity index (χ4n) is 2.48. The fourth-order valence-corrected chi connectivity index (χ4v) is 2.48. The molecule has 0 spiro atoms. The second-order valence-electron chi connectivity index (χ2n) is 5.35. The first-order valence-corrected chi connectivity index (χ1v) is 6.94. The van der Waals surface area contributed by atoms with Gasteiger partial charge in [0.1, 0.15) is 11.1 Å². The van der Waals surface area contributed by atoms with Crippen molar-refractivity contribution in [1.29, 1.82) is 5.26 Å². The van der Waals surface area contributed by atoms with Crippen LogP contribution in [0.3, 0.4) is 0 Å². The molecular weight excluding hydrogens is 280 g/mol. The molecule has 7 nitrogen and oxygen atoms in total. The Labute approximate surface area is 127 Å². The van der Waals surface area contributed by atoms with E-state index in [-0.39, 0.29) is 0 Å². The van der Waals surface area contributed by atoms with Crippen LogP contribution in [-0.2, 0) is 5.54 Å². The quantitative estimate of drug-likeness (QED) is 0.760. The maximum Gasteiger partial charge on any atom is 0.254 e. The number of para-hydroxylation sites is 1. The molecule has 2 heterocycles. The van der Waals surface area contributed by atoms with Crippen molar-refractivity contribution < 1.29 is 4.79 Å². The van der Waals surface area contributed by atoms with Crippen LogP contribution in [0.5, 0.6) is 0 Å². The maximum absolute atomic E-state index is 11.7. The van der Waals surface area contributed by atoms with Gasteiger partial charge in [-0.25, -0.2) is 0 Å². The molecular formula is C15H16N6O. The van der Waals surface area contributed by atoms with Gasteiger partial charge >= 0.3 is 0 Å². The van der Waals surface area contributed by atoms with Crippen LogP contribution in [-0.4, -0.2) is 28.8 Å². The van der Waals surface area contributed by atoms with Gasteiger partial charge in [-0.15, -0.1) is 0 Å². The van der Waals surface area contributed by atoms with Crippen molar-refractivity contribution in [2.24, 2.45) is 5.73 Å². The van der Waals surface area contributed by atoms with Crippen LogP contribution in [0.15, 0.2) is 36.5 Å². The van der Waals surface area contributed by atoms with Crippen LogP contribution in [0.25, 0.3) is 0 Å². The highest BCUT2D eigenvalue weighted by atomic mass is 16.1. The molecule has 1 aliphatic rings. The highest BCUT2D eigenvalue weighted by Crippen LogP contribution is 2.28. The number of benzene rings is 1. The predicted octanol–water partition coefficient (Wildman–Crippen LogP) is 0.938. The summed E-state index contributed by atoms with van der Waals surface area (Å²) in [5.74, 6) is -0.146. The Balaban J connectivity index is 1.96. The highest BCUT2D eigenvalue weighted by molar-refractivity contribution is 5.98. The van der Waals surface area contributed by atoms with E-state index in [2.05, 4.69) is 21.8 Å². The van der Waals surface area contributed by atoms with E-state index in [1.165, 1.54) is 0 Å². The van der Waals surface area contributed by atoms with Crippen molar-refractivity contribution in [2.45, 2.75) is 12.0 Å². The highest BCUT2D eigenvalue weighted by Gasteiger charge is 2.40. The number of hydrogen-bond acceptors (Lipinski definition) is 5. The van der Waals surface area contributed by atoms with Crippen molar-refractivity contribution in [3.05, 3.63) is 42.1 Å². The summed E-state index contributed by atoms with van der Waals surface area (Å²) in [7, 11) is 0. The molecule has 0 aliphatic carbocycles. The molecule has 1 aromatic carbocycles. The van der Waals surface area contributed by atoms with Gasteiger partial charge in [-0.3, -0.25) is 9.48 Å². The molecule has 2 aromatic rings. The number of nitriles is 1. The first-order chi connectivity index (χ1) is 10.6. The van der Waals surface area contributed by atoms with Crippen LogP contribution < -0.4 is 16.4 Å². The topological polar surface area (TPSA) is 109 Å². The number of aromatic nitrogens is 2. The zero-order chi connectivity index (χ0) is 15.6. The zero-order valence-electron chi connectivity index (χ0n) is 11.9. The monoisotopic (exact) mass is 296 g/mol. The standard InChI is InChI=1S/C15H16N6O/c16-7-6-15(9-18-10-15)21-8-12(13(17)22)14(20-21)19-11-4-2-1-3-5-11/h1-5,8,18H,6,9-10H2,(H2,17,22)(H,19,20). The second kappa shape index (κ2) is 5.50. The van der Waals surface area contributed by atoms with E-state index in [9.17, 15) is 4.79 Å².